The first-order valence-corrected chi connectivity index (χ1v) is 8.02. The molecule has 0 amide bonds. The largest absolute Gasteiger partial charge is 0.514 e. The normalized spacial score (nSPS) is 11.7. The molecule has 0 radical (unpaired) electrons. The van der Waals surface area contributed by atoms with E-state index >= 15 is 0 Å². The average Bonchev–Trinajstić information content (AvgIpc) is 2.52. The lowest BCUT2D eigenvalue weighted by Gasteiger charge is -2.17. The molecule has 0 fully saturated rings. The molecule has 5 heteroatoms. The molecule has 5 nitrogen and oxygen atoms in total. The Morgan fingerprint density at radius 3 is 2.33 bits per heavy atom. The van der Waals surface area contributed by atoms with Crippen molar-refractivity contribution >= 4 is 6.16 Å². The number of phenols is 2. The number of aromatic hydroxyl groups is 2. The first-order chi connectivity index (χ1) is 11.6. The average molecular weight is 330 g/mol. The van der Waals surface area contributed by atoms with Crippen molar-refractivity contribution in [2.45, 2.75) is 38.7 Å². The number of carbonyl (C=O) groups is 1. The summed E-state index contributed by atoms with van der Waals surface area (Å²) in [5.41, 5.74) is 1.19. The summed E-state index contributed by atoms with van der Waals surface area (Å²) < 4.78 is 10.4. The highest BCUT2D eigenvalue weighted by Crippen LogP contribution is 2.26. The first kappa shape index (κ1) is 17.7. The Morgan fingerprint density at radius 1 is 1.04 bits per heavy atom. The molecular weight excluding hydrogens is 308 g/mol. The van der Waals surface area contributed by atoms with Crippen LogP contribution in [0.2, 0.25) is 0 Å². The number of carbonyl (C=O) groups excluding carboxylic acids is 1. The number of hydrogen-bond acceptors (Lipinski definition) is 5. The monoisotopic (exact) mass is 330 g/mol. The molecule has 0 aliphatic carbocycles. The summed E-state index contributed by atoms with van der Waals surface area (Å²) in [4.78, 5) is 11.9. The van der Waals surface area contributed by atoms with E-state index in [4.69, 9.17) is 9.47 Å². The van der Waals surface area contributed by atoms with Gasteiger partial charge in [0.1, 0.15) is 23.4 Å². The molecule has 2 aromatic carbocycles. The van der Waals surface area contributed by atoms with E-state index in [-0.39, 0.29) is 23.4 Å². The molecule has 0 saturated heterocycles. The van der Waals surface area contributed by atoms with Crippen LogP contribution >= 0.6 is 0 Å². The summed E-state index contributed by atoms with van der Waals surface area (Å²) in [6.07, 6.45) is 2.07. The summed E-state index contributed by atoms with van der Waals surface area (Å²) >= 11 is 0. The van der Waals surface area contributed by atoms with E-state index in [0.717, 1.165) is 25.3 Å². The predicted molar refractivity (Wildman–Crippen MR) is 90.3 cm³/mol. The maximum Gasteiger partial charge on any atom is 0.514 e. The van der Waals surface area contributed by atoms with Crippen molar-refractivity contribution in [1.29, 1.82) is 0 Å². The summed E-state index contributed by atoms with van der Waals surface area (Å²) in [5.74, 6) is -0.338. The second-order valence-corrected chi connectivity index (χ2v) is 5.59. The molecular formula is C19H22O5. The molecule has 2 rings (SSSR count). The molecule has 1 unspecified atom stereocenters. The highest BCUT2D eigenvalue weighted by atomic mass is 16.7. The molecule has 24 heavy (non-hydrogen) atoms. The van der Waals surface area contributed by atoms with Gasteiger partial charge in [-0.25, -0.2) is 4.79 Å². The van der Waals surface area contributed by atoms with Crippen molar-refractivity contribution in [3.8, 4) is 17.2 Å². The van der Waals surface area contributed by atoms with Crippen LogP contribution in [0.1, 0.15) is 31.7 Å². The smallest absolute Gasteiger partial charge is 0.508 e. The Hall–Kier alpha value is -2.69. The van der Waals surface area contributed by atoms with Crippen LogP contribution in [-0.2, 0) is 11.2 Å². The van der Waals surface area contributed by atoms with Crippen LogP contribution in [0.5, 0.6) is 17.2 Å². The lowest BCUT2D eigenvalue weighted by atomic mass is 10.0. The van der Waals surface area contributed by atoms with Gasteiger partial charge in [0.25, 0.3) is 0 Å². The Kier molecular flexibility index (Phi) is 6.49. The summed E-state index contributed by atoms with van der Waals surface area (Å²) in [7, 11) is 0. The number of ether oxygens (including phenoxy) is 2. The van der Waals surface area contributed by atoms with E-state index in [1.54, 1.807) is 0 Å². The molecule has 0 aliphatic rings. The van der Waals surface area contributed by atoms with E-state index in [0.29, 0.717) is 6.42 Å². The minimum absolute atomic E-state index is 0.0378. The van der Waals surface area contributed by atoms with E-state index in [9.17, 15) is 15.0 Å². The number of phenolic OH excluding ortho intramolecular Hbond substituents is 2. The fourth-order valence-corrected chi connectivity index (χ4v) is 2.44. The highest BCUT2D eigenvalue weighted by molar-refractivity contribution is 5.64. The Morgan fingerprint density at radius 2 is 1.71 bits per heavy atom. The van der Waals surface area contributed by atoms with Crippen LogP contribution in [0.3, 0.4) is 0 Å². The maximum absolute atomic E-state index is 11.9. The first-order valence-electron chi connectivity index (χ1n) is 8.02. The van der Waals surface area contributed by atoms with Crippen molar-refractivity contribution < 1.29 is 24.5 Å². The van der Waals surface area contributed by atoms with E-state index in [1.165, 1.54) is 17.7 Å². The Balaban J connectivity index is 1.90. The zero-order valence-electron chi connectivity index (χ0n) is 13.6. The van der Waals surface area contributed by atoms with Crippen molar-refractivity contribution in [3.63, 3.8) is 0 Å². The van der Waals surface area contributed by atoms with Gasteiger partial charge in [0.05, 0.1) is 0 Å². The quantitative estimate of drug-likeness (QED) is 0.581. The van der Waals surface area contributed by atoms with E-state index in [2.05, 4.69) is 0 Å². The zero-order valence-corrected chi connectivity index (χ0v) is 13.6. The van der Waals surface area contributed by atoms with Gasteiger partial charge in [-0.2, -0.15) is 0 Å². The molecule has 0 saturated carbocycles. The van der Waals surface area contributed by atoms with Crippen LogP contribution in [0.25, 0.3) is 0 Å². The van der Waals surface area contributed by atoms with Gasteiger partial charge < -0.3 is 19.7 Å². The van der Waals surface area contributed by atoms with Gasteiger partial charge >= 0.3 is 6.16 Å². The van der Waals surface area contributed by atoms with Crippen LogP contribution < -0.4 is 4.74 Å². The topological polar surface area (TPSA) is 76.0 Å². The number of benzene rings is 2. The minimum Gasteiger partial charge on any atom is -0.508 e. The van der Waals surface area contributed by atoms with E-state index in [1.807, 2.05) is 37.3 Å². The number of rotatable bonds is 7. The molecule has 0 spiro atoms. The molecule has 2 N–H and O–H groups in total. The van der Waals surface area contributed by atoms with Gasteiger partial charge in [-0.05, 0) is 24.8 Å². The molecule has 0 aliphatic heterocycles. The van der Waals surface area contributed by atoms with E-state index < -0.39 is 6.16 Å². The third kappa shape index (κ3) is 5.83. The fourth-order valence-electron chi connectivity index (χ4n) is 2.44. The minimum atomic E-state index is -0.841. The number of hydrogen-bond donors (Lipinski definition) is 2. The lowest BCUT2D eigenvalue weighted by molar-refractivity contribution is 0.0505. The van der Waals surface area contributed by atoms with Crippen LogP contribution in [0.4, 0.5) is 4.79 Å². The van der Waals surface area contributed by atoms with Gasteiger partial charge in [0, 0.05) is 18.2 Å². The SMILES string of the molecule is CCCC(CCc1ccccc1)OC(=O)Oc1cc(O)cc(O)c1. The predicted octanol–water partition coefficient (Wildman–Crippen LogP) is 4.41. The maximum atomic E-state index is 11.9. The van der Waals surface area contributed by atoms with Crippen LogP contribution in [0.15, 0.2) is 48.5 Å². The molecule has 0 bridgehead atoms. The standard InChI is InChI=1S/C19H22O5/c1-2-6-17(10-9-14-7-4-3-5-8-14)23-19(22)24-18-12-15(20)11-16(21)13-18/h3-5,7-8,11-13,17,20-21H,2,6,9-10H2,1H3. The van der Waals surface area contributed by atoms with Crippen molar-refractivity contribution in [3.05, 3.63) is 54.1 Å². The Bertz CT molecular complexity index is 634. The third-order valence-electron chi connectivity index (χ3n) is 3.55. The lowest BCUT2D eigenvalue weighted by Crippen LogP contribution is -2.21. The van der Waals surface area contributed by atoms with Crippen LogP contribution in [-0.4, -0.2) is 22.5 Å². The third-order valence-corrected chi connectivity index (χ3v) is 3.55. The molecule has 0 aromatic heterocycles. The second kappa shape index (κ2) is 8.82. The van der Waals surface area contributed by atoms with Crippen LogP contribution in [0, 0.1) is 0 Å². The van der Waals surface area contributed by atoms with Gasteiger partial charge in [0.2, 0.25) is 0 Å². The van der Waals surface area contributed by atoms with Gasteiger partial charge in [0.15, 0.2) is 0 Å². The van der Waals surface area contributed by atoms with Crippen molar-refractivity contribution in [1.82, 2.24) is 0 Å². The molecule has 2 aromatic rings. The summed E-state index contributed by atoms with van der Waals surface area (Å²) in [6, 6.07) is 13.6. The summed E-state index contributed by atoms with van der Waals surface area (Å²) in [5, 5.41) is 18.8. The van der Waals surface area contributed by atoms with Gasteiger partial charge in [-0.3, -0.25) is 0 Å². The summed E-state index contributed by atoms with van der Waals surface area (Å²) in [6.45, 7) is 2.03. The van der Waals surface area contributed by atoms with Gasteiger partial charge in [-0.15, -0.1) is 0 Å². The highest BCUT2D eigenvalue weighted by Gasteiger charge is 2.16. The van der Waals surface area contributed by atoms with Crippen molar-refractivity contribution in [2.24, 2.45) is 0 Å². The fraction of sp³-hybridized carbons (Fsp3) is 0.316. The zero-order chi connectivity index (χ0) is 17.4. The Labute approximate surface area is 141 Å². The van der Waals surface area contributed by atoms with Gasteiger partial charge in [-0.1, -0.05) is 43.7 Å². The van der Waals surface area contributed by atoms with Crippen molar-refractivity contribution in [2.75, 3.05) is 0 Å². The number of aryl methyl sites for hydroxylation is 1. The second-order valence-electron chi connectivity index (χ2n) is 5.59. The molecule has 0 heterocycles. The molecule has 128 valence electrons. The molecule has 1 atom stereocenters.